The number of hydrogen-bond acceptors (Lipinski definition) is 6. The highest BCUT2D eigenvalue weighted by molar-refractivity contribution is 7.93. The van der Waals surface area contributed by atoms with Gasteiger partial charge in [-0.05, 0) is 54.9 Å². The predicted molar refractivity (Wildman–Crippen MR) is 69.9 cm³/mol. The van der Waals surface area contributed by atoms with Gasteiger partial charge in [-0.15, -0.1) is 0 Å². The van der Waals surface area contributed by atoms with Crippen LogP contribution < -0.4 is 0 Å². The van der Waals surface area contributed by atoms with E-state index in [1.54, 1.807) is 0 Å². The molecule has 0 fully saturated rings. The van der Waals surface area contributed by atoms with E-state index < -0.39 is 5.97 Å². The standard InChI is InChI=1S/C8H5NO3S.CS2/c10-7-2-1-5(9-4-13)3-6(7)8(11)12;2-1-3/h1-3,10H,(H,11,12);. The predicted octanol–water partition coefficient (Wildman–Crippen LogP) is 2.84. The Kier molecular flexibility index (Phi) is 7.03. The molecule has 0 saturated carbocycles. The summed E-state index contributed by atoms with van der Waals surface area (Å²) in [5.41, 5.74) is 0.150. The first-order valence-corrected chi connectivity index (χ1v) is 4.92. The van der Waals surface area contributed by atoms with Crippen LogP contribution in [0, 0.1) is 0 Å². The lowest BCUT2D eigenvalue weighted by Gasteiger charge is -1.98. The summed E-state index contributed by atoms with van der Waals surface area (Å²) in [6, 6.07) is 3.91. The van der Waals surface area contributed by atoms with Crippen molar-refractivity contribution >= 4 is 57.8 Å². The number of carboxylic acids is 1. The summed E-state index contributed by atoms with van der Waals surface area (Å²) in [6.07, 6.45) is 0. The average Bonchev–Trinajstić information content (AvgIpc) is 2.22. The maximum absolute atomic E-state index is 10.5. The Morgan fingerprint density at radius 3 is 2.31 bits per heavy atom. The van der Waals surface area contributed by atoms with Crippen molar-refractivity contribution in [1.29, 1.82) is 0 Å². The van der Waals surface area contributed by atoms with Crippen LogP contribution in [0.3, 0.4) is 0 Å². The Hall–Kier alpha value is -1.49. The lowest BCUT2D eigenvalue weighted by Crippen LogP contribution is -1.95. The number of aromatic hydroxyl groups is 1. The maximum Gasteiger partial charge on any atom is 0.339 e. The molecular formula is C9H5NO3S3. The van der Waals surface area contributed by atoms with Gasteiger partial charge in [0.15, 0.2) is 0 Å². The molecule has 7 heteroatoms. The molecule has 0 aliphatic carbocycles. The molecule has 1 aromatic rings. The quantitative estimate of drug-likeness (QED) is 0.636. The molecule has 0 heterocycles. The SMILES string of the molecule is O=C(O)c1cc(N=C=S)ccc1O.S=C=S. The molecule has 0 atom stereocenters. The van der Waals surface area contributed by atoms with Gasteiger partial charge in [-0.1, -0.05) is 0 Å². The number of nitrogens with zero attached hydrogens (tertiary/aromatic N) is 1. The molecule has 82 valence electrons. The van der Waals surface area contributed by atoms with E-state index in [0.29, 0.717) is 5.69 Å². The summed E-state index contributed by atoms with van der Waals surface area (Å²) in [5, 5.41) is 19.8. The first-order valence-electron chi connectivity index (χ1n) is 3.70. The van der Waals surface area contributed by atoms with Gasteiger partial charge >= 0.3 is 5.97 Å². The van der Waals surface area contributed by atoms with Crippen LogP contribution in [0.15, 0.2) is 23.2 Å². The molecule has 0 amide bonds. The second-order valence-electron chi connectivity index (χ2n) is 2.29. The summed E-state index contributed by atoms with van der Waals surface area (Å²) in [4.78, 5) is 14.1. The number of aromatic carboxylic acids is 1. The van der Waals surface area contributed by atoms with Crippen LogP contribution in [0.2, 0.25) is 0 Å². The molecule has 0 radical (unpaired) electrons. The van der Waals surface area contributed by atoms with E-state index in [1.807, 2.05) is 4.31 Å². The van der Waals surface area contributed by atoms with Crippen molar-refractivity contribution in [1.82, 2.24) is 0 Å². The Balaban J connectivity index is 0.000000673. The minimum absolute atomic E-state index is 0.202. The fraction of sp³-hybridized carbons (Fsp3) is 0. The average molecular weight is 271 g/mol. The lowest BCUT2D eigenvalue weighted by molar-refractivity contribution is 0.0694. The molecule has 16 heavy (non-hydrogen) atoms. The Bertz CT molecular complexity index is 475. The molecule has 0 aromatic heterocycles. The Morgan fingerprint density at radius 2 is 1.88 bits per heavy atom. The number of isothiocyanates is 1. The zero-order valence-electron chi connectivity index (χ0n) is 7.71. The van der Waals surface area contributed by atoms with Crippen LogP contribution in [0.5, 0.6) is 5.75 Å². The number of benzene rings is 1. The van der Waals surface area contributed by atoms with Crippen molar-refractivity contribution in [3.05, 3.63) is 23.8 Å². The highest BCUT2D eigenvalue weighted by Gasteiger charge is 2.09. The molecule has 0 bridgehead atoms. The fourth-order valence-corrected chi connectivity index (χ4v) is 0.923. The summed E-state index contributed by atoms with van der Waals surface area (Å²) >= 11 is 12.3. The van der Waals surface area contributed by atoms with Crippen LogP contribution in [-0.2, 0) is 0 Å². The van der Waals surface area contributed by atoms with E-state index in [-0.39, 0.29) is 11.3 Å². The van der Waals surface area contributed by atoms with Crippen LogP contribution in [0.25, 0.3) is 0 Å². The number of phenols is 1. The highest BCUT2D eigenvalue weighted by Crippen LogP contribution is 2.22. The zero-order chi connectivity index (χ0) is 12.6. The van der Waals surface area contributed by atoms with E-state index in [0.717, 1.165) is 0 Å². The number of aliphatic imine (C=N–C) groups is 1. The molecule has 0 aliphatic heterocycles. The largest absolute Gasteiger partial charge is 0.507 e. The fourth-order valence-electron chi connectivity index (χ4n) is 0.818. The Labute approximate surface area is 107 Å². The van der Waals surface area contributed by atoms with E-state index >= 15 is 0 Å². The molecular weight excluding hydrogens is 266 g/mol. The van der Waals surface area contributed by atoms with E-state index in [4.69, 9.17) is 10.2 Å². The van der Waals surface area contributed by atoms with Crippen molar-refractivity contribution in [2.24, 2.45) is 4.99 Å². The van der Waals surface area contributed by atoms with Crippen LogP contribution in [-0.4, -0.2) is 25.7 Å². The van der Waals surface area contributed by atoms with Crippen molar-refractivity contribution in [3.63, 3.8) is 0 Å². The minimum Gasteiger partial charge on any atom is -0.507 e. The van der Waals surface area contributed by atoms with Gasteiger partial charge < -0.3 is 10.2 Å². The Morgan fingerprint density at radius 1 is 1.31 bits per heavy atom. The lowest BCUT2D eigenvalue weighted by atomic mass is 10.2. The number of hydrogen-bond donors (Lipinski definition) is 2. The molecule has 1 aromatic carbocycles. The summed E-state index contributed by atoms with van der Waals surface area (Å²) in [5.74, 6) is -1.50. The molecule has 0 aliphatic rings. The zero-order valence-corrected chi connectivity index (χ0v) is 10.2. The van der Waals surface area contributed by atoms with Crippen LogP contribution >= 0.6 is 36.7 Å². The second-order valence-corrected chi connectivity index (χ2v) is 3.14. The van der Waals surface area contributed by atoms with Gasteiger partial charge in [0.1, 0.15) is 11.3 Å². The van der Waals surface area contributed by atoms with Crippen LogP contribution in [0.1, 0.15) is 10.4 Å². The summed E-state index contributed by atoms with van der Waals surface area (Å²) in [6.45, 7) is 0. The third-order valence-corrected chi connectivity index (χ3v) is 1.48. The molecule has 1 rings (SSSR count). The first-order chi connectivity index (χ1) is 7.56. The van der Waals surface area contributed by atoms with Gasteiger partial charge in [0, 0.05) is 4.31 Å². The minimum atomic E-state index is -1.21. The van der Waals surface area contributed by atoms with Gasteiger partial charge in [-0.3, -0.25) is 0 Å². The van der Waals surface area contributed by atoms with Crippen LogP contribution in [0.4, 0.5) is 5.69 Å². The van der Waals surface area contributed by atoms with Gasteiger partial charge in [0.05, 0.1) is 10.8 Å². The number of carbonyl (C=O) groups is 1. The number of carboxylic acid groups (broad SMARTS) is 1. The third kappa shape index (κ3) is 4.84. The molecule has 0 saturated heterocycles. The monoisotopic (exact) mass is 271 g/mol. The van der Waals surface area contributed by atoms with Crippen molar-refractivity contribution < 1.29 is 15.0 Å². The molecule has 0 spiro atoms. The van der Waals surface area contributed by atoms with Crippen molar-refractivity contribution in [3.8, 4) is 5.75 Å². The molecule has 2 N–H and O–H groups in total. The second kappa shape index (κ2) is 7.76. The van der Waals surface area contributed by atoms with Crippen molar-refractivity contribution in [2.75, 3.05) is 0 Å². The first kappa shape index (κ1) is 14.5. The van der Waals surface area contributed by atoms with Gasteiger partial charge in [0.25, 0.3) is 0 Å². The van der Waals surface area contributed by atoms with Gasteiger partial charge in [-0.2, -0.15) is 4.99 Å². The molecule has 0 unspecified atom stereocenters. The van der Waals surface area contributed by atoms with Gasteiger partial charge in [0.2, 0.25) is 0 Å². The molecule has 4 nitrogen and oxygen atoms in total. The summed E-state index contributed by atoms with van der Waals surface area (Å²) in [7, 11) is 0. The number of thiocarbonyl (C=S) groups is 3. The highest BCUT2D eigenvalue weighted by atomic mass is 32.1. The summed E-state index contributed by atoms with van der Waals surface area (Å²) < 4.78 is 1.92. The van der Waals surface area contributed by atoms with E-state index in [2.05, 4.69) is 46.8 Å². The van der Waals surface area contributed by atoms with E-state index in [9.17, 15) is 4.79 Å². The number of rotatable bonds is 2. The normalized spacial score (nSPS) is 7.75. The van der Waals surface area contributed by atoms with E-state index in [1.165, 1.54) is 18.2 Å². The maximum atomic E-state index is 10.5. The van der Waals surface area contributed by atoms with Gasteiger partial charge in [-0.25, -0.2) is 4.79 Å². The van der Waals surface area contributed by atoms with Crippen molar-refractivity contribution in [2.45, 2.75) is 0 Å². The smallest absolute Gasteiger partial charge is 0.339 e. The topological polar surface area (TPSA) is 69.9 Å². The third-order valence-electron chi connectivity index (χ3n) is 1.39.